The summed E-state index contributed by atoms with van der Waals surface area (Å²) in [6.45, 7) is 0. The van der Waals surface area contributed by atoms with Gasteiger partial charge in [0.2, 0.25) is 0 Å². The minimum Gasteiger partial charge on any atom is -0.368 e. The molecular formula is C4F8O2. The highest BCUT2D eigenvalue weighted by Crippen LogP contribution is 2.29. The van der Waals surface area contributed by atoms with Gasteiger partial charge in [-0.3, -0.25) is 0 Å². The zero-order valence-electron chi connectivity index (χ0n) is 5.84. The van der Waals surface area contributed by atoms with Gasteiger partial charge < -0.3 is 9.47 Å². The molecule has 0 bridgehead atoms. The third-order valence-corrected chi connectivity index (χ3v) is 0.571. The van der Waals surface area contributed by atoms with Crippen LogP contribution in [-0.2, 0) is 9.47 Å². The highest BCUT2D eigenvalue weighted by molar-refractivity contribution is 4.83. The van der Waals surface area contributed by atoms with Crippen molar-refractivity contribution in [2.24, 2.45) is 0 Å². The molecule has 0 heterocycles. The second-order valence-electron chi connectivity index (χ2n) is 1.64. The van der Waals surface area contributed by atoms with E-state index in [0.29, 0.717) is 0 Å². The third-order valence-electron chi connectivity index (χ3n) is 0.571. The second kappa shape index (κ2) is 3.88. The molecule has 0 N–H and O–H groups in total. The van der Waals surface area contributed by atoms with Crippen molar-refractivity contribution < 1.29 is 44.6 Å². The molecule has 14 heavy (non-hydrogen) atoms. The molecule has 0 aromatic heterocycles. The largest absolute Gasteiger partial charge is 0.575 e. The maximum Gasteiger partial charge on any atom is 0.575 e. The summed E-state index contributed by atoms with van der Waals surface area (Å²) in [6.07, 6.45) is -14.8. The van der Waals surface area contributed by atoms with E-state index in [1.807, 2.05) is 0 Å². The number of halogens is 8. The lowest BCUT2D eigenvalue weighted by molar-refractivity contribution is -0.374. The van der Waals surface area contributed by atoms with Crippen LogP contribution in [0.2, 0.25) is 0 Å². The fraction of sp³-hybridized carbons (Fsp3) is 0.500. The van der Waals surface area contributed by atoms with Crippen LogP contribution in [0.1, 0.15) is 0 Å². The number of hydrogen-bond acceptors (Lipinski definition) is 2. The predicted molar refractivity (Wildman–Crippen MR) is 23.5 cm³/mol. The molecule has 84 valence electrons. The topological polar surface area (TPSA) is 18.5 Å². The Morgan fingerprint density at radius 3 is 1.14 bits per heavy atom. The van der Waals surface area contributed by atoms with Crippen LogP contribution in [0.5, 0.6) is 0 Å². The van der Waals surface area contributed by atoms with Gasteiger partial charge >= 0.3 is 24.8 Å². The first-order valence-corrected chi connectivity index (χ1v) is 2.58. The Bertz CT molecular complexity index is 202. The fourth-order valence-corrected chi connectivity index (χ4v) is 0.308. The summed E-state index contributed by atoms with van der Waals surface area (Å²) in [6, 6.07) is 0. The Labute approximate surface area is 70.7 Å². The van der Waals surface area contributed by atoms with Gasteiger partial charge in [-0.1, -0.05) is 0 Å². The molecule has 0 aliphatic rings. The highest BCUT2D eigenvalue weighted by atomic mass is 19.4. The van der Waals surface area contributed by atoms with E-state index in [4.69, 9.17) is 0 Å². The summed E-state index contributed by atoms with van der Waals surface area (Å²) in [5, 5.41) is 0. The van der Waals surface area contributed by atoms with Crippen molar-refractivity contribution in [2.45, 2.75) is 12.7 Å². The SMILES string of the molecule is FC(F)=C(OC(F)(F)F)OC(F)(F)F. The van der Waals surface area contributed by atoms with Crippen molar-refractivity contribution in [3.05, 3.63) is 12.0 Å². The van der Waals surface area contributed by atoms with Gasteiger partial charge in [-0.15, -0.1) is 26.3 Å². The van der Waals surface area contributed by atoms with Crippen molar-refractivity contribution in [1.82, 2.24) is 0 Å². The molecule has 0 aliphatic heterocycles. The lowest BCUT2D eigenvalue weighted by Gasteiger charge is -2.13. The Kier molecular flexibility index (Phi) is 3.54. The molecule has 0 radical (unpaired) electrons. The molecule has 0 aromatic rings. The molecule has 0 saturated carbocycles. The van der Waals surface area contributed by atoms with E-state index in [1.54, 1.807) is 0 Å². The van der Waals surface area contributed by atoms with Crippen LogP contribution in [0.3, 0.4) is 0 Å². The van der Waals surface area contributed by atoms with Crippen LogP contribution >= 0.6 is 0 Å². The monoisotopic (exact) mass is 232 g/mol. The first-order valence-electron chi connectivity index (χ1n) is 2.58. The van der Waals surface area contributed by atoms with Crippen molar-refractivity contribution in [3.8, 4) is 0 Å². The molecule has 0 saturated heterocycles. The van der Waals surface area contributed by atoms with Crippen molar-refractivity contribution >= 4 is 0 Å². The molecule has 0 spiro atoms. The summed E-state index contributed by atoms with van der Waals surface area (Å²) in [5.74, 6) is -2.94. The number of hydrogen-bond donors (Lipinski definition) is 0. The quantitative estimate of drug-likeness (QED) is 0.537. The molecule has 10 heteroatoms. The standard InChI is InChI=1S/C4F8O2/c5-1(6)2(13-3(7,8)9)14-4(10,11)12. The Morgan fingerprint density at radius 1 is 0.714 bits per heavy atom. The van der Waals surface area contributed by atoms with E-state index >= 15 is 0 Å². The Balaban J connectivity index is 4.59. The lowest BCUT2D eigenvalue weighted by atomic mass is 10.9. The molecule has 0 aromatic carbocycles. The lowest BCUT2D eigenvalue weighted by Crippen LogP contribution is -2.21. The summed E-state index contributed by atoms with van der Waals surface area (Å²) in [7, 11) is 0. The number of rotatable bonds is 2. The van der Waals surface area contributed by atoms with E-state index in [0.717, 1.165) is 0 Å². The normalized spacial score (nSPS) is 12.3. The summed E-state index contributed by atoms with van der Waals surface area (Å²) in [4.78, 5) is 0. The Hall–Kier alpha value is -1.22. The fourth-order valence-electron chi connectivity index (χ4n) is 0.308. The van der Waals surface area contributed by atoms with Gasteiger partial charge in [0.05, 0.1) is 0 Å². The van der Waals surface area contributed by atoms with Crippen LogP contribution in [-0.4, -0.2) is 12.7 Å². The summed E-state index contributed by atoms with van der Waals surface area (Å²) < 4.78 is 94.5. The van der Waals surface area contributed by atoms with Crippen LogP contribution in [0.4, 0.5) is 35.1 Å². The molecule has 0 amide bonds. The van der Waals surface area contributed by atoms with Crippen LogP contribution in [0.25, 0.3) is 0 Å². The first-order chi connectivity index (χ1) is 6.01. The minimum atomic E-state index is -5.69. The van der Waals surface area contributed by atoms with E-state index in [1.165, 1.54) is 0 Å². The van der Waals surface area contributed by atoms with Gasteiger partial charge in [0, 0.05) is 0 Å². The van der Waals surface area contributed by atoms with Crippen LogP contribution < -0.4 is 0 Å². The predicted octanol–water partition coefficient (Wildman–Crippen LogP) is 3.12. The molecular weight excluding hydrogens is 232 g/mol. The van der Waals surface area contributed by atoms with Crippen LogP contribution in [0.15, 0.2) is 12.0 Å². The third kappa shape index (κ3) is 6.31. The van der Waals surface area contributed by atoms with E-state index in [-0.39, 0.29) is 0 Å². The minimum absolute atomic E-state index is 2.26. The molecule has 0 unspecified atom stereocenters. The Morgan fingerprint density at radius 2 is 1.00 bits per heavy atom. The zero-order chi connectivity index (χ0) is 11.6. The average Bonchev–Trinajstić information content (AvgIpc) is 1.78. The number of ether oxygens (including phenoxy) is 2. The first kappa shape index (κ1) is 12.8. The van der Waals surface area contributed by atoms with Gasteiger partial charge in [0.15, 0.2) is 0 Å². The zero-order valence-corrected chi connectivity index (χ0v) is 5.84. The number of alkyl halides is 6. The molecule has 0 fully saturated rings. The van der Waals surface area contributed by atoms with Gasteiger partial charge in [-0.05, 0) is 0 Å². The van der Waals surface area contributed by atoms with Crippen molar-refractivity contribution in [3.63, 3.8) is 0 Å². The van der Waals surface area contributed by atoms with E-state index in [9.17, 15) is 35.1 Å². The van der Waals surface area contributed by atoms with E-state index < -0.39 is 24.8 Å². The van der Waals surface area contributed by atoms with Gasteiger partial charge in [0.1, 0.15) is 0 Å². The van der Waals surface area contributed by atoms with Gasteiger partial charge in [0.25, 0.3) is 0 Å². The average molecular weight is 232 g/mol. The molecule has 0 atom stereocenters. The molecule has 0 aliphatic carbocycles. The van der Waals surface area contributed by atoms with Crippen molar-refractivity contribution in [1.29, 1.82) is 0 Å². The summed E-state index contributed by atoms with van der Waals surface area (Å²) >= 11 is 0. The highest BCUT2D eigenvalue weighted by Gasteiger charge is 2.41. The molecule has 2 nitrogen and oxygen atoms in total. The van der Waals surface area contributed by atoms with Gasteiger partial charge in [-0.2, -0.15) is 8.78 Å². The summed E-state index contributed by atoms with van der Waals surface area (Å²) in [5.41, 5.74) is 0. The molecule has 0 rings (SSSR count). The maximum absolute atomic E-state index is 11.4. The van der Waals surface area contributed by atoms with Crippen LogP contribution in [0, 0.1) is 0 Å². The van der Waals surface area contributed by atoms with E-state index in [2.05, 4.69) is 9.47 Å². The second-order valence-corrected chi connectivity index (χ2v) is 1.64. The smallest absolute Gasteiger partial charge is 0.368 e. The maximum atomic E-state index is 11.4. The van der Waals surface area contributed by atoms with Gasteiger partial charge in [-0.25, -0.2) is 0 Å². The van der Waals surface area contributed by atoms with Crippen molar-refractivity contribution in [2.75, 3.05) is 0 Å².